The second kappa shape index (κ2) is 5.74. The molecule has 0 spiro atoms. The number of ether oxygens (including phenoxy) is 2. The largest absolute Gasteiger partial charge is 0.497 e. The Bertz CT molecular complexity index is 454. The first kappa shape index (κ1) is 12.7. The monoisotopic (exact) mass is 246 g/mol. The summed E-state index contributed by atoms with van der Waals surface area (Å²) in [6, 6.07) is 8.16. The van der Waals surface area contributed by atoms with Crippen LogP contribution in [0.5, 0.6) is 5.75 Å². The van der Waals surface area contributed by atoms with Gasteiger partial charge in [0.1, 0.15) is 11.8 Å². The van der Waals surface area contributed by atoms with Crippen LogP contribution in [-0.4, -0.2) is 32.9 Å². The fourth-order valence-corrected chi connectivity index (χ4v) is 2.28. The lowest BCUT2D eigenvalue weighted by molar-refractivity contribution is 0.0929. The first-order valence-corrected chi connectivity index (χ1v) is 6.22. The lowest BCUT2D eigenvalue weighted by atomic mass is 10.1. The Morgan fingerprint density at radius 2 is 2.39 bits per heavy atom. The Morgan fingerprint density at radius 1 is 1.56 bits per heavy atom. The molecule has 4 nitrogen and oxygen atoms in total. The number of morpholine rings is 1. The zero-order valence-corrected chi connectivity index (χ0v) is 10.8. The summed E-state index contributed by atoms with van der Waals surface area (Å²) in [7, 11) is 1.64. The molecule has 1 aliphatic rings. The van der Waals surface area contributed by atoms with Crippen LogP contribution < -0.4 is 9.64 Å². The summed E-state index contributed by atoms with van der Waals surface area (Å²) in [6.45, 7) is 4.38. The number of anilines is 1. The van der Waals surface area contributed by atoms with Crippen LogP contribution in [-0.2, 0) is 4.74 Å². The SMILES string of the molecule is CCC1COCCN1c1cc(OC)ccc1C#N. The molecule has 1 unspecified atom stereocenters. The van der Waals surface area contributed by atoms with Crippen LogP contribution in [0.3, 0.4) is 0 Å². The van der Waals surface area contributed by atoms with Crippen LogP contribution >= 0.6 is 0 Å². The van der Waals surface area contributed by atoms with Gasteiger partial charge >= 0.3 is 0 Å². The van der Waals surface area contributed by atoms with Crippen molar-refractivity contribution < 1.29 is 9.47 Å². The first-order valence-electron chi connectivity index (χ1n) is 6.22. The van der Waals surface area contributed by atoms with Crippen molar-refractivity contribution in [1.82, 2.24) is 0 Å². The van der Waals surface area contributed by atoms with Gasteiger partial charge in [-0.05, 0) is 18.6 Å². The lowest BCUT2D eigenvalue weighted by Gasteiger charge is -2.37. The number of rotatable bonds is 3. The maximum Gasteiger partial charge on any atom is 0.121 e. The van der Waals surface area contributed by atoms with Crippen molar-refractivity contribution in [2.24, 2.45) is 0 Å². The highest BCUT2D eigenvalue weighted by atomic mass is 16.5. The third-order valence-electron chi connectivity index (χ3n) is 3.33. The van der Waals surface area contributed by atoms with E-state index >= 15 is 0 Å². The molecule has 96 valence electrons. The van der Waals surface area contributed by atoms with Crippen LogP contribution in [0.1, 0.15) is 18.9 Å². The molecule has 0 radical (unpaired) electrons. The quantitative estimate of drug-likeness (QED) is 0.820. The Hall–Kier alpha value is -1.73. The standard InChI is InChI=1S/C14H18N2O2/c1-3-12-10-18-7-6-16(12)14-8-13(17-2)5-4-11(14)9-15/h4-5,8,12H,3,6-7,10H2,1-2H3. The van der Waals surface area contributed by atoms with Crippen LogP contribution in [0.15, 0.2) is 18.2 Å². The van der Waals surface area contributed by atoms with E-state index in [2.05, 4.69) is 17.9 Å². The zero-order chi connectivity index (χ0) is 13.0. The smallest absolute Gasteiger partial charge is 0.121 e. The Morgan fingerprint density at radius 3 is 3.06 bits per heavy atom. The molecule has 1 fully saturated rings. The molecule has 0 bridgehead atoms. The van der Waals surface area contributed by atoms with Crippen LogP contribution in [0, 0.1) is 11.3 Å². The minimum atomic E-state index is 0.331. The average Bonchev–Trinajstić information content (AvgIpc) is 2.46. The van der Waals surface area contributed by atoms with E-state index in [4.69, 9.17) is 9.47 Å². The Kier molecular flexibility index (Phi) is 4.06. The van der Waals surface area contributed by atoms with Gasteiger partial charge in [-0.15, -0.1) is 0 Å². The fourth-order valence-electron chi connectivity index (χ4n) is 2.28. The average molecular weight is 246 g/mol. The summed E-state index contributed by atoms with van der Waals surface area (Å²) in [4.78, 5) is 2.25. The van der Waals surface area contributed by atoms with Crippen molar-refractivity contribution in [3.63, 3.8) is 0 Å². The maximum absolute atomic E-state index is 9.22. The summed E-state index contributed by atoms with van der Waals surface area (Å²) in [5.74, 6) is 0.783. The van der Waals surface area contributed by atoms with E-state index in [1.807, 2.05) is 18.2 Å². The van der Waals surface area contributed by atoms with Gasteiger partial charge in [0, 0.05) is 12.6 Å². The topological polar surface area (TPSA) is 45.5 Å². The molecule has 0 N–H and O–H groups in total. The predicted molar refractivity (Wildman–Crippen MR) is 70.0 cm³/mol. The molecule has 0 amide bonds. The Labute approximate surface area is 108 Å². The number of benzene rings is 1. The second-order valence-corrected chi connectivity index (χ2v) is 4.33. The van der Waals surface area contributed by atoms with Crippen molar-refractivity contribution in [2.45, 2.75) is 19.4 Å². The minimum absolute atomic E-state index is 0.331. The molecular weight excluding hydrogens is 228 g/mol. The molecule has 1 aliphatic heterocycles. The van der Waals surface area contributed by atoms with Gasteiger partial charge in [-0.25, -0.2) is 0 Å². The van der Waals surface area contributed by atoms with Crippen molar-refractivity contribution in [1.29, 1.82) is 5.26 Å². The number of nitriles is 1. The van der Waals surface area contributed by atoms with Gasteiger partial charge in [-0.2, -0.15) is 5.26 Å². The molecular formula is C14H18N2O2. The van der Waals surface area contributed by atoms with Gasteiger partial charge < -0.3 is 14.4 Å². The maximum atomic E-state index is 9.22. The van der Waals surface area contributed by atoms with Gasteiger partial charge in [0.15, 0.2) is 0 Å². The molecule has 1 atom stereocenters. The van der Waals surface area contributed by atoms with Crippen molar-refractivity contribution in [3.05, 3.63) is 23.8 Å². The summed E-state index contributed by atoms with van der Waals surface area (Å²) in [5.41, 5.74) is 1.64. The van der Waals surface area contributed by atoms with E-state index in [0.29, 0.717) is 18.2 Å². The van der Waals surface area contributed by atoms with Gasteiger partial charge in [-0.1, -0.05) is 6.92 Å². The molecule has 1 heterocycles. The van der Waals surface area contributed by atoms with E-state index in [0.717, 1.165) is 31.0 Å². The van der Waals surface area contributed by atoms with E-state index in [-0.39, 0.29) is 0 Å². The van der Waals surface area contributed by atoms with Crippen LogP contribution in [0.2, 0.25) is 0 Å². The molecule has 18 heavy (non-hydrogen) atoms. The van der Waals surface area contributed by atoms with E-state index in [1.54, 1.807) is 7.11 Å². The van der Waals surface area contributed by atoms with Gasteiger partial charge in [0.25, 0.3) is 0 Å². The van der Waals surface area contributed by atoms with Gasteiger partial charge in [-0.3, -0.25) is 0 Å². The molecule has 1 aromatic rings. The van der Waals surface area contributed by atoms with E-state index in [9.17, 15) is 5.26 Å². The van der Waals surface area contributed by atoms with Gasteiger partial charge in [0.2, 0.25) is 0 Å². The summed E-state index contributed by atoms with van der Waals surface area (Å²) in [5, 5.41) is 9.22. The third-order valence-corrected chi connectivity index (χ3v) is 3.33. The summed E-state index contributed by atoms with van der Waals surface area (Å²) < 4.78 is 10.7. The van der Waals surface area contributed by atoms with Gasteiger partial charge in [0.05, 0.1) is 37.6 Å². The molecule has 1 saturated heterocycles. The van der Waals surface area contributed by atoms with Crippen molar-refractivity contribution in [3.8, 4) is 11.8 Å². The summed E-state index contributed by atoms with van der Waals surface area (Å²) >= 11 is 0. The molecule has 2 rings (SSSR count). The highest BCUT2D eigenvalue weighted by Crippen LogP contribution is 2.29. The number of hydrogen-bond acceptors (Lipinski definition) is 4. The highest BCUT2D eigenvalue weighted by Gasteiger charge is 2.24. The molecule has 1 aromatic carbocycles. The van der Waals surface area contributed by atoms with E-state index in [1.165, 1.54) is 0 Å². The number of methoxy groups -OCH3 is 1. The second-order valence-electron chi connectivity index (χ2n) is 4.33. The lowest BCUT2D eigenvalue weighted by Crippen LogP contribution is -2.45. The number of hydrogen-bond donors (Lipinski definition) is 0. The van der Waals surface area contributed by atoms with Crippen LogP contribution in [0.4, 0.5) is 5.69 Å². The van der Waals surface area contributed by atoms with Crippen molar-refractivity contribution in [2.75, 3.05) is 31.8 Å². The minimum Gasteiger partial charge on any atom is -0.497 e. The van der Waals surface area contributed by atoms with Crippen LogP contribution in [0.25, 0.3) is 0 Å². The highest BCUT2D eigenvalue weighted by molar-refractivity contribution is 5.63. The Balaban J connectivity index is 2.38. The molecule has 0 aliphatic carbocycles. The first-order chi connectivity index (χ1) is 8.80. The molecule has 4 heteroatoms. The summed E-state index contributed by atoms with van der Waals surface area (Å²) in [6.07, 6.45) is 1.00. The number of nitrogens with zero attached hydrogens (tertiary/aromatic N) is 2. The normalized spacial score (nSPS) is 19.4. The van der Waals surface area contributed by atoms with Crippen molar-refractivity contribution >= 4 is 5.69 Å². The molecule has 0 saturated carbocycles. The van der Waals surface area contributed by atoms with E-state index < -0.39 is 0 Å². The third kappa shape index (κ3) is 2.41. The fraction of sp³-hybridized carbons (Fsp3) is 0.500. The predicted octanol–water partition coefficient (Wildman–Crippen LogP) is 2.18. The molecule has 0 aromatic heterocycles. The zero-order valence-electron chi connectivity index (χ0n) is 10.8.